The van der Waals surface area contributed by atoms with Crippen LogP contribution in [-0.2, 0) is 17.6 Å². The van der Waals surface area contributed by atoms with Gasteiger partial charge in [-0.3, -0.25) is 4.90 Å². The number of benzene rings is 2. The number of aromatic nitrogens is 2. The third-order valence-corrected chi connectivity index (χ3v) is 8.16. The average molecular weight is 445 g/mol. The van der Waals surface area contributed by atoms with Gasteiger partial charge in [0.05, 0.1) is 23.8 Å². The zero-order chi connectivity index (χ0) is 22.5. The summed E-state index contributed by atoms with van der Waals surface area (Å²) >= 11 is 0. The molecule has 0 bridgehead atoms. The highest BCUT2D eigenvalue weighted by atomic mass is 16.5. The van der Waals surface area contributed by atoms with E-state index in [0.717, 1.165) is 55.3 Å². The quantitative estimate of drug-likeness (QED) is 0.636. The van der Waals surface area contributed by atoms with Crippen molar-refractivity contribution in [3.05, 3.63) is 59.4 Å². The van der Waals surface area contributed by atoms with E-state index in [1.165, 1.54) is 36.6 Å². The molecular formula is C27H32N4O2. The second kappa shape index (κ2) is 8.17. The molecule has 1 saturated heterocycles. The molecule has 33 heavy (non-hydrogen) atoms. The fraction of sp³-hybridized carbons (Fsp3) is 0.481. The van der Waals surface area contributed by atoms with Crippen LogP contribution in [-0.4, -0.2) is 41.9 Å². The highest BCUT2D eigenvalue weighted by Gasteiger charge is 2.42. The van der Waals surface area contributed by atoms with Gasteiger partial charge in [0.15, 0.2) is 0 Å². The smallest absolute Gasteiger partial charge is 0.414 e. The van der Waals surface area contributed by atoms with Gasteiger partial charge in [0.2, 0.25) is 0 Å². The van der Waals surface area contributed by atoms with Gasteiger partial charge in [0.25, 0.3) is 0 Å². The molecular weight excluding hydrogens is 412 g/mol. The topological polar surface area (TPSA) is 59.4 Å². The van der Waals surface area contributed by atoms with Gasteiger partial charge in [0, 0.05) is 30.6 Å². The summed E-state index contributed by atoms with van der Waals surface area (Å²) < 4.78 is 7.68. The van der Waals surface area contributed by atoms with Crippen molar-refractivity contribution >= 4 is 22.8 Å². The van der Waals surface area contributed by atoms with Gasteiger partial charge < -0.3 is 14.6 Å². The number of aryl methyl sites for hydroxylation is 1. The maximum Gasteiger partial charge on any atom is 0.414 e. The first-order valence-corrected chi connectivity index (χ1v) is 12.3. The molecule has 3 aliphatic rings. The monoisotopic (exact) mass is 444 g/mol. The van der Waals surface area contributed by atoms with E-state index < -0.39 is 0 Å². The van der Waals surface area contributed by atoms with Crippen molar-refractivity contribution in [2.75, 3.05) is 25.1 Å². The third kappa shape index (κ3) is 3.34. The predicted molar refractivity (Wildman–Crippen MR) is 130 cm³/mol. The van der Waals surface area contributed by atoms with Gasteiger partial charge in [-0.15, -0.1) is 0 Å². The number of imidazole rings is 1. The molecule has 3 unspecified atom stereocenters. The Labute approximate surface area is 194 Å². The third-order valence-electron chi connectivity index (χ3n) is 8.16. The van der Waals surface area contributed by atoms with Crippen LogP contribution in [0.2, 0.25) is 0 Å². The Morgan fingerprint density at radius 3 is 2.79 bits per heavy atom. The molecule has 1 saturated carbocycles. The number of nitrogens with zero attached hydrogens (tertiary/aromatic N) is 3. The van der Waals surface area contributed by atoms with Crippen molar-refractivity contribution in [2.24, 2.45) is 11.8 Å². The van der Waals surface area contributed by atoms with E-state index >= 15 is 0 Å². The Balaban J connectivity index is 1.51. The number of fused-ring (bicyclic) bond motifs is 4. The fourth-order valence-electron chi connectivity index (χ4n) is 6.54. The Morgan fingerprint density at radius 2 is 1.97 bits per heavy atom. The lowest BCUT2D eigenvalue weighted by Gasteiger charge is -2.34. The molecule has 4 atom stereocenters. The van der Waals surface area contributed by atoms with Gasteiger partial charge >= 0.3 is 6.09 Å². The Kier molecular flexibility index (Phi) is 5.13. The maximum absolute atomic E-state index is 12.6. The summed E-state index contributed by atoms with van der Waals surface area (Å²) in [5, 5.41) is 3.62. The minimum Gasteiger partial charge on any atom is -0.452 e. The van der Waals surface area contributed by atoms with E-state index in [9.17, 15) is 4.79 Å². The van der Waals surface area contributed by atoms with Crippen LogP contribution in [0.15, 0.2) is 42.5 Å². The number of nitrogens with one attached hydrogen (secondary N) is 1. The molecule has 1 N–H and O–H groups in total. The number of ether oxygens (including phenoxy) is 1. The van der Waals surface area contributed by atoms with Crippen LogP contribution in [0, 0.1) is 11.8 Å². The first-order valence-electron chi connectivity index (χ1n) is 12.3. The molecule has 2 aliphatic heterocycles. The number of hydrogen-bond donors (Lipinski definition) is 1. The van der Waals surface area contributed by atoms with Crippen LogP contribution in [0.1, 0.15) is 49.2 Å². The highest BCUT2D eigenvalue weighted by Crippen LogP contribution is 2.45. The molecule has 3 aromatic rings. The van der Waals surface area contributed by atoms with Gasteiger partial charge in [-0.2, -0.15) is 0 Å². The largest absolute Gasteiger partial charge is 0.452 e. The minimum atomic E-state index is -0.289. The van der Waals surface area contributed by atoms with Crippen LogP contribution in [0.25, 0.3) is 11.0 Å². The first kappa shape index (κ1) is 20.7. The molecule has 6 heteroatoms. The van der Waals surface area contributed by atoms with Crippen molar-refractivity contribution in [1.82, 2.24) is 14.9 Å². The Bertz CT molecular complexity index is 1190. The van der Waals surface area contributed by atoms with Crippen LogP contribution >= 0.6 is 0 Å². The van der Waals surface area contributed by atoms with Crippen molar-refractivity contribution in [3.63, 3.8) is 0 Å². The molecule has 3 heterocycles. The lowest BCUT2D eigenvalue weighted by atomic mass is 9.95. The summed E-state index contributed by atoms with van der Waals surface area (Å²) in [6.07, 6.45) is 4.88. The molecule has 6 rings (SSSR count). The molecule has 1 aliphatic carbocycles. The zero-order valence-corrected chi connectivity index (χ0v) is 19.5. The summed E-state index contributed by atoms with van der Waals surface area (Å²) in [6, 6.07) is 15.6. The van der Waals surface area contributed by atoms with Crippen molar-refractivity contribution in [1.29, 1.82) is 0 Å². The SMILES string of the molecule is COC(=O)N1c2ccc3c(nc(Cc4ccccc4)n3C3CCC4CNCC43)c2CC[C@@H]1C. The molecule has 172 valence electrons. The molecule has 1 amide bonds. The summed E-state index contributed by atoms with van der Waals surface area (Å²) in [4.78, 5) is 19.7. The van der Waals surface area contributed by atoms with Crippen LogP contribution in [0.4, 0.5) is 10.5 Å². The van der Waals surface area contributed by atoms with Crippen molar-refractivity contribution in [2.45, 2.75) is 51.1 Å². The summed E-state index contributed by atoms with van der Waals surface area (Å²) in [5.74, 6) is 2.58. The summed E-state index contributed by atoms with van der Waals surface area (Å²) in [6.45, 7) is 4.33. The Morgan fingerprint density at radius 1 is 1.12 bits per heavy atom. The van der Waals surface area contributed by atoms with E-state index in [2.05, 4.69) is 59.3 Å². The molecule has 0 radical (unpaired) electrons. The first-order chi connectivity index (χ1) is 16.2. The normalized spacial score (nSPS) is 26.4. The lowest BCUT2D eigenvalue weighted by molar-refractivity contribution is 0.175. The summed E-state index contributed by atoms with van der Waals surface area (Å²) in [7, 11) is 1.46. The Hall–Kier alpha value is -2.86. The molecule has 0 spiro atoms. The fourth-order valence-corrected chi connectivity index (χ4v) is 6.54. The zero-order valence-electron chi connectivity index (χ0n) is 19.5. The average Bonchev–Trinajstić information content (AvgIpc) is 3.53. The minimum absolute atomic E-state index is 0.119. The van der Waals surface area contributed by atoms with Gasteiger partial charge in [-0.1, -0.05) is 30.3 Å². The lowest BCUT2D eigenvalue weighted by Crippen LogP contribution is -2.42. The van der Waals surface area contributed by atoms with E-state index in [0.29, 0.717) is 12.0 Å². The van der Waals surface area contributed by atoms with E-state index in [4.69, 9.17) is 9.72 Å². The van der Waals surface area contributed by atoms with E-state index in [1.807, 2.05) is 0 Å². The number of carbonyl (C=O) groups excluding carboxylic acids is 1. The van der Waals surface area contributed by atoms with E-state index in [1.54, 1.807) is 4.90 Å². The van der Waals surface area contributed by atoms with E-state index in [-0.39, 0.29) is 12.1 Å². The van der Waals surface area contributed by atoms with Crippen molar-refractivity contribution < 1.29 is 9.53 Å². The molecule has 6 nitrogen and oxygen atoms in total. The molecule has 2 fully saturated rings. The van der Waals surface area contributed by atoms with Crippen LogP contribution in [0.3, 0.4) is 0 Å². The second-order valence-corrected chi connectivity index (χ2v) is 9.95. The number of rotatable bonds is 3. The molecule has 1 aromatic heterocycles. The highest BCUT2D eigenvalue weighted by molar-refractivity contribution is 5.95. The van der Waals surface area contributed by atoms with Crippen molar-refractivity contribution in [3.8, 4) is 0 Å². The number of anilines is 1. The number of carbonyl (C=O) groups is 1. The number of amides is 1. The number of methoxy groups -OCH3 is 1. The van der Waals surface area contributed by atoms with Crippen LogP contribution < -0.4 is 10.2 Å². The maximum atomic E-state index is 12.6. The number of hydrogen-bond acceptors (Lipinski definition) is 4. The predicted octanol–water partition coefficient (Wildman–Crippen LogP) is 4.71. The second-order valence-electron chi connectivity index (χ2n) is 9.95. The summed E-state index contributed by atoms with van der Waals surface area (Å²) in [5.41, 5.74) is 5.70. The standard InChI is InChI=1S/C27H32N4O2/c1-17-8-10-20-22(30(17)27(32)33-2)12-13-24-26(20)29-25(14-18-6-4-3-5-7-18)31(24)23-11-9-19-15-28-16-21(19)23/h3-7,12-13,17,19,21,23,28H,8-11,14-16H2,1-2H3/t17-,19?,21?,23?/m0/s1. The van der Waals surface area contributed by atoms with Gasteiger partial charge in [-0.05, 0) is 68.7 Å². The van der Waals surface area contributed by atoms with Gasteiger partial charge in [0.1, 0.15) is 5.82 Å². The van der Waals surface area contributed by atoms with Crippen LogP contribution in [0.5, 0.6) is 0 Å². The van der Waals surface area contributed by atoms with Gasteiger partial charge in [-0.25, -0.2) is 9.78 Å². The molecule has 2 aromatic carbocycles.